The van der Waals surface area contributed by atoms with Crippen LogP contribution in [0, 0.1) is 5.92 Å². The van der Waals surface area contributed by atoms with Gasteiger partial charge in [0, 0.05) is 18.2 Å². The summed E-state index contributed by atoms with van der Waals surface area (Å²) in [7, 11) is 0. The van der Waals surface area contributed by atoms with Crippen LogP contribution in [0.15, 0.2) is 24.3 Å². The Kier molecular flexibility index (Phi) is 5.12. The van der Waals surface area contributed by atoms with Crippen molar-refractivity contribution in [2.75, 3.05) is 6.61 Å². The minimum absolute atomic E-state index is 0.0623. The number of carbonyl (C=O) groups excluding carboxylic acids is 1. The van der Waals surface area contributed by atoms with Gasteiger partial charge in [0.05, 0.1) is 6.61 Å². The minimum atomic E-state index is -0.422. The third-order valence-electron chi connectivity index (χ3n) is 2.78. The molecule has 4 heteroatoms. The van der Waals surface area contributed by atoms with Crippen molar-refractivity contribution >= 4 is 5.91 Å². The molecule has 0 saturated heterocycles. The zero-order valence-corrected chi connectivity index (χ0v) is 10.3. The molecule has 17 heavy (non-hydrogen) atoms. The Morgan fingerprint density at radius 3 is 2.71 bits per heavy atom. The number of amides is 1. The summed E-state index contributed by atoms with van der Waals surface area (Å²) >= 11 is 0. The van der Waals surface area contributed by atoms with Gasteiger partial charge in [-0.15, -0.1) is 0 Å². The maximum atomic E-state index is 11.0. The molecule has 1 rings (SSSR count). The van der Waals surface area contributed by atoms with Gasteiger partial charge in [0.2, 0.25) is 5.91 Å². The maximum Gasteiger partial charge on any atom is 0.248 e. The van der Waals surface area contributed by atoms with E-state index >= 15 is 0 Å². The third kappa shape index (κ3) is 4.17. The van der Waals surface area contributed by atoms with Crippen LogP contribution in [0.4, 0.5) is 0 Å². The van der Waals surface area contributed by atoms with Crippen LogP contribution in [-0.4, -0.2) is 23.7 Å². The van der Waals surface area contributed by atoms with Gasteiger partial charge in [-0.05, 0) is 23.6 Å². The first-order valence-corrected chi connectivity index (χ1v) is 5.77. The fourth-order valence-electron chi connectivity index (χ4n) is 1.59. The molecule has 0 saturated carbocycles. The Balaban J connectivity index is 2.62. The van der Waals surface area contributed by atoms with E-state index in [9.17, 15) is 9.90 Å². The van der Waals surface area contributed by atoms with Gasteiger partial charge >= 0.3 is 0 Å². The fourth-order valence-corrected chi connectivity index (χ4v) is 1.59. The Labute approximate surface area is 102 Å². The van der Waals surface area contributed by atoms with E-state index in [1.165, 1.54) is 0 Å². The third-order valence-corrected chi connectivity index (χ3v) is 2.78. The Morgan fingerprint density at radius 2 is 2.18 bits per heavy atom. The zero-order valence-electron chi connectivity index (χ0n) is 10.3. The molecule has 1 atom stereocenters. The normalized spacial score (nSPS) is 12.7. The van der Waals surface area contributed by atoms with E-state index in [4.69, 9.17) is 5.73 Å². The molecule has 0 radical (unpaired) electrons. The summed E-state index contributed by atoms with van der Waals surface area (Å²) < 4.78 is 0. The van der Waals surface area contributed by atoms with Crippen molar-refractivity contribution in [1.82, 2.24) is 5.32 Å². The average Bonchev–Trinajstić information content (AvgIpc) is 2.29. The van der Waals surface area contributed by atoms with Gasteiger partial charge in [-0.1, -0.05) is 26.0 Å². The van der Waals surface area contributed by atoms with E-state index in [-0.39, 0.29) is 12.6 Å². The number of nitrogens with two attached hydrogens (primary N) is 1. The highest BCUT2D eigenvalue weighted by Crippen LogP contribution is 2.06. The summed E-state index contributed by atoms with van der Waals surface area (Å²) in [6.45, 7) is 4.82. The standard InChI is InChI=1S/C13H20N2O2/c1-9(2)12(8-16)15-7-10-4-3-5-11(6-10)13(14)17/h3-6,9,12,15-16H,7-8H2,1-2H3,(H2,14,17)/t12-/m1/s1. The van der Waals surface area contributed by atoms with E-state index in [0.717, 1.165) is 5.56 Å². The second kappa shape index (κ2) is 6.37. The lowest BCUT2D eigenvalue weighted by atomic mass is 10.0. The van der Waals surface area contributed by atoms with Gasteiger partial charge in [-0.2, -0.15) is 0 Å². The fraction of sp³-hybridized carbons (Fsp3) is 0.462. The molecule has 0 aromatic heterocycles. The Hall–Kier alpha value is -1.39. The van der Waals surface area contributed by atoms with Crippen molar-refractivity contribution in [2.45, 2.75) is 26.4 Å². The number of primary amides is 1. The molecule has 1 aromatic rings. The van der Waals surface area contributed by atoms with Gasteiger partial charge < -0.3 is 16.2 Å². The summed E-state index contributed by atoms with van der Waals surface area (Å²) in [4.78, 5) is 11.0. The lowest BCUT2D eigenvalue weighted by Gasteiger charge is -2.20. The highest BCUT2D eigenvalue weighted by molar-refractivity contribution is 5.92. The van der Waals surface area contributed by atoms with Crippen molar-refractivity contribution < 1.29 is 9.90 Å². The van der Waals surface area contributed by atoms with Crippen LogP contribution in [0.2, 0.25) is 0 Å². The van der Waals surface area contributed by atoms with Crippen LogP contribution < -0.4 is 11.1 Å². The largest absolute Gasteiger partial charge is 0.395 e. The minimum Gasteiger partial charge on any atom is -0.395 e. The van der Waals surface area contributed by atoms with Gasteiger partial charge in [-0.25, -0.2) is 0 Å². The van der Waals surface area contributed by atoms with Crippen LogP contribution >= 0.6 is 0 Å². The number of nitrogens with one attached hydrogen (secondary N) is 1. The topological polar surface area (TPSA) is 75.3 Å². The molecule has 0 unspecified atom stereocenters. The molecule has 1 amide bonds. The Bertz CT molecular complexity index is 377. The highest BCUT2D eigenvalue weighted by Gasteiger charge is 2.11. The predicted octanol–water partition coefficient (Wildman–Crippen LogP) is 0.892. The van der Waals surface area contributed by atoms with Crippen LogP contribution in [0.3, 0.4) is 0 Å². The van der Waals surface area contributed by atoms with Gasteiger partial charge in [0.1, 0.15) is 0 Å². The molecular formula is C13H20N2O2. The number of rotatable bonds is 6. The van der Waals surface area contributed by atoms with Gasteiger partial charge in [0.25, 0.3) is 0 Å². The zero-order chi connectivity index (χ0) is 12.8. The van der Waals surface area contributed by atoms with E-state index in [0.29, 0.717) is 18.0 Å². The van der Waals surface area contributed by atoms with Crippen LogP contribution in [-0.2, 0) is 6.54 Å². The molecular weight excluding hydrogens is 216 g/mol. The van der Waals surface area contributed by atoms with Crippen LogP contribution in [0.25, 0.3) is 0 Å². The van der Waals surface area contributed by atoms with Crippen LogP contribution in [0.5, 0.6) is 0 Å². The molecule has 0 spiro atoms. The summed E-state index contributed by atoms with van der Waals surface area (Å²) in [5.74, 6) is -0.0614. The van der Waals surface area contributed by atoms with E-state index < -0.39 is 5.91 Å². The smallest absolute Gasteiger partial charge is 0.248 e. The molecule has 0 fully saturated rings. The van der Waals surface area contributed by atoms with Gasteiger partial charge in [-0.3, -0.25) is 4.79 Å². The second-order valence-electron chi connectivity index (χ2n) is 4.48. The molecule has 0 heterocycles. The number of hydrogen-bond donors (Lipinski definition) is 3. The predicted molar refractivity (Wildman–Crippen MR) is 67.5 cm³/mol. The molecule has 4 N–H and O–H groups in total. The maximum absolute atomic E-state index is 11.0. The quantitative estimate of drug-likeness (QED) is 0.686. The van der Waals surface area contributed by atoms with E-state index in [1.54, 1.807) is 18.2 Å². The summed E-state index contributed by atoms with van der Waals surface area (Å²) in [5.41, 5.74) is 6.71. The highest BCUT2D eigenvalue weighted by atomic mass is 16.3. The number of carbonyl (C=O) groups is 1. The number of aliphatic hydroxyl groups is 1. The molecule has 0 aliphatic rings. The lowest BCUT2D eigenvalue weighted by Crippen LogP contribution is -2.36. The molecule has 0 aliphatic heterocycles. The SMILES string of the molecule is CC(C)[C@@H](CO)NCc1cccc(C(N)=O)c1. The van der Waals surface area contributed by atoms with Crippen molar-refractivity contribution in [2.24, 2.45) is 11.7 Å². The van der Waals surface area contributed by atoms with Crippen molar-refractivity contribution in [3.63, 3.8) is 0 Å². The molecule has 0 aliphatic carbocycles. The molecule has 94 valence electrons. The summed E-state index contributed by atoms with van der Waals surface area (Å²) in [5, 5.41) is 12.4. The molecule has 1 aromatic carbocycles. The number of aliphatic hydroxyl groups excluding tert-OH is 1. The van der Waals surface area contributed by atoms with E-state index in [1.807, 2.05) is 19.9 Å². The van der Waals surface area contributed by atoms with Crippen molar-refractivity contribution in [3.8, 4) is 0 Å². The first-order valence-electron chi connectivity index (χ1n) is 5.77. The van der Waals surface area contributed by atoms with Crippen molar-refractivity contribution in [3.05, 3.63) is 35.4 Å². The van der Waals surface area contributed by atoms with E-state index in [2.05, 4.69) is 5.32 Å². The summed E-state index contributed by atoms with van der Waals surface area (Å²) in [6.07, 6.45) is 0. The lowest BCUT2D eigenvalue weighted by molar-refractivity contribution is 0.1000. The Morgan fingerprint density at radius 1 is 1.47 bits per heavy atom. The number of hydrogen-bond acceptors (Lipinski definition) is 3. The monoisotopic (exact) mass is 236 g/mol. The van der Waals surface area contributed by atoms with Gasteiger partial charge in [0.15, 0.2) is 0 Å². The average molecular weight is 236 g/mol. The number of benzene rings is 1. The summed E-state index contributed by atoms with van der Waals surface area (Å²) in [6, 6.07) is 7.25. The second-order valence-corrected chi connectivity index (χ2v) is 4.48. The van der Waals surface area contributed by atoms with Crippen LogP contribution in [0.1, 0.15) is 29.8 Å². The molecule has 4 nitrogen and oxygen atoms in total. The van der Waals surface area contributed by atoms with Crippen molar-refractivity contribution in [1.29, 1.82) is 0 Å². The first kappa shape index (κ1) is 13.7. The first-order chi connectivity index (χ1) is 8.04. The molecule has 0 bridgehead atoms.